The number of halogens is 1. The first kappa shape index (κ1) is 18.4. The third-order valence-electron chi connectivity index (χ3n) is 5.30. The monoisotopic (exact) mass is 355 g/mol. The Morgan fingerprint density at radius 1 is 1.15 bits per heavy atom. The van der Waals surface area contributed by atoms with Crippen LogP contribution < -0.4 is 9.64 Å². The zero-order valence-corrected chi connectivity index (χ0v) is 15.5. The first-order chi connectivity index (χ1) is 12.6. The molecule has 1 saturated heterocycles. The van der Waals surface area contributed by atoms with Crippen molar-refractivity contribution in [1.29, 1.82) is 0 Å². The van der Waals surface area contributed by atoms with E-state index in [2.05, 4.69) is 17.0 Å². The molecular weight excluding hydrogens is 329 g/mol. The first-order valence-electron chi connectivity index (χ1n) is 9.26. The maximum Gasteiger partial charge on any atom is 0.164 e. The molecule has 4 heteroatoms. The third kappa shape index (κ3) is 4.24. The summed E-state index contributed by atoms with van der Waals surface area (Å²) in [6.07, 6.45) is 4.37. The van der Waals surface area contributed by atoms with Crippen LogP contribution in [0.5, 0.6) is 5.75 Å². The second kappa shape index (κ2) is 8.35. The zero-order chi connectivity index (χ0) is 18.5. The molecule has 0 N–H and O–H groups in total. The van der Waals surface area contributed by atoms with E-state index in [1.165, 1.54) is 18.6 Å². The van der Waals surface area contributed by atoms with E-state index >= 15 is 0 Å². The normalized spacial score (nSPS) is 15.1. The number of Topliss-reactive ketones (excluding diaryl/α,β-unsaturated/α-hetero) is 1. The van der Waals surface area contributed by atoms with Gasteiger partial charge in [-0.25, -0.2) is 4.39 Å². The van der Waals surface area contributed by atoms with Crippen molar-refractivity contribution in [2.24, 2.45) is 5.92 Å². The molecule has 2 aromatic rings. The van der Waals surface area contributed by atoms with Crippen molar-refractivity contribution in [2.75, 3.05) is 25.1 Å². The summed E-state index contributed by atoms with van der Waals surface area (Å²) >= 11 is 0. The summed E-state index contributed by atoms with van der Waals surface area (Å²) in [7, 11) is 1.68. The van der Waals surface area contributed by atoms with Gasteiger partial charge in [0.1, 0.15) is 11.6 Å². The van der Waals surface area contributed by atoms with Gasteiger partial charge in [-0.1, -0.05) is 18.2 Å². The number of rotatable bonds is 6. The largest absolute Gasteiger partial charge is 0.497 e. The number of nitrogens with zero attached hydrogens (tertiary/aromatic N) is 1. The van der Waals surface area contributed by atoms with Gasteiger partial charge in [-0.15, -0.1) is 0 Å². The minimum absolute atomic E-state index is 0.209. The van der Waals surface area contributed by atoms with Gasteiger partial charge in [0.05, 0.1) is 18.4 Å². The summed E-state index contributed by atoms with van der Waals surface area (Å²) < 4.78 is 19.2. The number of carbonyl (C=O) groups is 1. The van der Waals surface area contributed by atoms with Crippen molar-refractivity contribution in [3.63, 3.8) is 0 Å². The molecule has 0 spiro atoms. The molecule has 0 bridgehead atoms. The smallest absolute Gasteiger partial charge is 0.164 e. The average molecular weight is 355 g/mol. The van der Waals surface area contributed by atoms with Gasteiger partial charge in [-0.3, -0.25) is 4.79 Å². The molecule has 0 aliphatic carbocycles. The Bertz CT molecular complexity index is 749. The maximum atomic E-state index is 14.0. The summed E-state index contributed by atoms with van der Waals surface area (Å²) in [6.45, 7) is 3.18. The average Bonchev–Trinajstić information content (AvgIpc) is 2.66. The zero-order valence-electron chi connectivity index (χ0n) is 15.5. The van der Waals surface area contributed by atoms with Gasteiger partial charge in [0.25, 0.3) is 0 Å². The molecular formula is C22H26FNO2. The van der Waals surface area contributed by atoms with Crippen LogP contribution in [0, 0.1) is 11.7 Å². The molecule has 138 valence electrons. The third-order valence-corrected chi connectivity index (χ3v) is 5.30. The summed E-state index contributed by atoms with van der Waals surface area (Å²) in [5, 5.41) is 0. The quantitative estimate of drug-likeness (QED) is 0.691. The molecule has 1 fully saturated rings. The van der Waals surface area contributed by atoms with Crippen LogP contribution >= 0.6 is 0 Å². The Morgan fingerprint density at radius 2 is 1.85 bits per heavy atom. The molecule has 0 unspecified atom stereocenters. The van der Waals surface area contributed by atoms with Crippen LogP contribution in [0.3, 0.4) is 0 Å². The lowest BCUT2D eigenvalue weighted by Gasteiger charge is -2.34. The molecule has 0 aromatic heterocycles. The highest BCUT2D eigenvalue weighted by Crippen LogP contribution is 2.30. The van der Waals surface area contributed by atoms with Crippen molar-refractivity contribution in [2.45, 2.75) is 32.6 Å². The minimum Gasteiger partial charge on any atom is -0.497 e. The molecule has 2 aromatic carbocycles. The van der Waals surface area contributed by atoms with Crippen LogP contribution in [0.4, 0.5) is 10.1 Å². The molecule has 1 heterocycles. The molecule has 0 amide bonds. The van der Waals surface area contributed by atoms with E-state index in [1.807, 2.05) is 18.2 Å². The Hall–Kier alpha value is -2.36. The molecule has 0 saturated carbocycles. The molecule has 0 radical (unpaired) electrons. The number of hydrogen-bond donors (Lipinski definition) is 0. The Labute approximate surface area is 154 Å². The summed E-state index contributed by atoms with van der Waals surface area (Å²) in [5.74, 6) is 0.928. The summed E-state index contributed by atoms with van der Waals surface area (Å²) in [6, 6.07) is 13.2. The number of ether oxygens (including phenoxy) is 1. The number of methoxy groups -OCH3 is 1. The number of hydrogen-bond acceptors (Lipinski definition) is 3. The van der Waals surface area contributed by atoms with Crippen molar-refractivity contribution in [3.8, 4) is 5.75 Å². The number of benzene rings is 2. The number of piperidine rings is 1. The van der Waals surface area contributed by atoms with Crippen LogP contribution in [-0.2, 0) is 6.42 Å². The number of carbonyl (C=O) groups excluding carboxylic acids is 1. The maximum absolute atomic E-state index is 14.0. The van der Waals surface area contributed by atoms with E-state index in [9.17, 15) is 9.18 Å². The summed E-state index contributed by atoms with van der Waals surface area (Å²) in [4.78, 5) is 14.0. The Morgan fingerprint density at radius 3 is 2.46 bits per heavy atom. The predicted octanol–water partition coefficient (Wildman–Crippen LogP) is 4.89. The lowest BCUT2D eigenvalue weighted by Crippen LogP contribution is -2.34. The molecule has 26 heavy (non-hydrogen) atoms. The molecule has 0 atom stereocenters. The van der Waals surface area contributed by atoms with Gasteiger partial charge in [0, 0.05) is 13.1 Å². The van der Waals surface area contributed by atoms with Gasteiger partial charge in [-0.05, 0) is 68.4 Å². The van der Waals surface area contributed by atoms with Crippen molar-refractivity contribution in [1.82, 2.24) is 0 Å². The van der Waals surface area contributed by atoms with Crippen LogP contribution in [0.15, 0.2) is 42.5 Å². The van der Waals surface area contributed by atoms with Crippen LogP contribution in [-0.4, -0.2) is 26.0 Å². The Balaban J connectivity index is 1.56. The lowest BCUT2D eigenvalue weighted by molar-refractivity contribution is 0.101. The van der Waals surface area contributed by atoms with E-state index in [4.69, 9.17) is 4.74 Å². The van der Waals surface area contributed by atoms with Crippen LogP contribution in [0.25, 0.3) is 0 Å². The second-order valence-electron chi connectivity index (χ2n) is 7.01. The van der Waals surface area contributed by atoms with E-state index < -0.39 is 5.82 Å². The van der Waals surface area contributed by atoms with E-state index in [0.29, 0.717) is 5.92 Å². The highest BCUT2D eigenvalue weighted by atomic mass is 19.1. The highest BCUT2D eigenvalue weighted by molar-refractivity contribution is 6.00. The summed E-state index contributed by atoms with van der Waals surface area (Å²) in [5.41, 5.74) is 2.30. The number of aryl methyl sites for hydroxylation is 1. The van der Waals surface area contributed by atoms with Gasteiger partial charge in [-0.2, -0.15) is 0 Å². The van der Waals surface area contributed by atoms with Crippen molar-refractivity contribution in [3.05, 3.63) is 59.4 Å². The fourth-order valence-electron chi connectivity index (χ4n) is 3.75. The molecule has 1 aliphatic rings. The molecule has 3 nitrogen and oxygen atoms in total. The first-order valence-corrected chi connectivity index (χ1v) is 9.26. The van der Waals surface area contributed by atoms with Gasteiger partial charge in [0.2, 0.25) is 0 Å². The fourth-order valence-corrected chi connectivity index (χ4v) is 3.75. The SMILES string of the molecule is COc1ccc(CCC2CCN(c3cccc(F)c3C(C)=O)CC2)cc1. The Kier molecular flexibility index (Phi) is 5.92. The van der Waals surface area contributed by atoms with Crippen molar-refractivity contribution < 1.29 is 13.9 Å². The van der Waals surface area contributed by atoms with E-state index in [1.54, 1.807) is 13.2 Å². The predicted molar refractivity (Wildman–Crippen MR) is 103 cm³/mol. The molecule has 1 aliphatic heterocycles. The number of ketones is 1. The number of anilines is 1. The standard InChI is InChI=1S/C22H26FNO2/c1-16(25)22-20(23)4-3-5-21(22)24-14-12-18(13-15-24)7-6-17-8-10-19(26-2)11-9-17/h3-5,8-11,18H,6-7,12-15H2,1-2H3. The highest BCUT2D eigenvalue weighted by Gasteiger charge is 2.23. The van der Waals surface area contributed by atoms with Gasteiger partial charge >= 0.3 is 0 Å². The topological polar surface area (TPSA) is 29.5 Å². The van der Waals surface area contributed by atoms with Crippen molar-refractivity contribution >= 4 is 11.5 Å². The molecule has 3 rings (SSSR count). The minimum atomic E-state index is -0.420. The van der Waals surface area contributed by atoms with E-state index in [-0.39, 0.29) is 11.3 Å². The second-order valence-corrected chi connectivity index (χ2v) is 7.01. The van der Waals surface area contributed by atoms with Crippen LogP contribution in [0.2, 0.25) is 0 Å². The van der Waals surface area contributed by atoms with E-state index in [0.717, 1.165) is 50.2 Å². The lowest BCUT2D eigenvalue weighted by atomic mass is 9.90. The van der Waals surface area contributed by atoms with Crippen LogP contribution in [0.1, 0.15) is 42.1 Å². The fraction of sp³-hybridized carbons (Fsp3) is 0.409. The van der Waals surface area contributed by atoms with Gasteiger partial charge < -0.3 is 9.64 Å². The van der Waals surface area contributed by atoms with Gasteiger partial charge in [0.15, 0.2) is 5.78 Å².